The zero-order valence-electron chi connectivity index (χ0n) is 10.8. The second-order valence-corrected chi connectivity index (χ2v) is 5.48. The van der Waals surface area contributed by atoms with Gasteiger partial charge in [0.05, 0.1) is 18.6 Å². The monoisotopic (exact) mass is 242 g/mol. The topological polar surface area (TPSA) is 36.4 Å². The second kappa shape index (κ2) is 3.95. The van der Waals surface area contributed by atoms with Gasteiger partial charge < -0.3 is 10.0 Å². The molecule has 0 spiro atoms. The van der Waals surface area contributed by atoms with E-state index in [2.05, 4.69) is 35.9 Å². The molecule has 3 heteroatoms. The lowest BCUT2D eigenvalue weighted by Gasteiger charge is -2.49. The fraction of sp³-hybridized carbons (Fsp3) is 0.400. The average Bonchev–Trinajstić information content (AvgIpc) is 2.34. The predicted molar refractivity (Wildman–Crippen MR) is 73.7 cm³/mol. The molecule has 0 bridgehead atoms. The van der Waals surface area contributed by atoms with Gasteiger partial charge in [-0.15, -0.1) is 0 Å². The van der Waals surface area contributed by atoms with Crippen molar-refractivity contribution >= 4 is 16.7 Å². The number of rotatable bonds is 2. The van der Waals surface area contributed by atoms with E-state index in [1.54, 1.807) is 0 Å². The first-order valence-electron chi connectivity index (χ1n) is 6.42. The van der Waals surface area contributed by atoms with E-state index in [0.29, 0.717) is 13.1 Å². The molecule has 3 rings (SSSR count). The van der Waals surface area contributed by atoms with Crippen LogP contribution in [0, 0.1) is 5.92 Å². The molecule has 3 nitrogen and oxygen atoms in total. The largest absolute Gasteiger partial charge is 0.386 e. The Morgan fingerprint density at radius 2 is 1.89 bits per heavy atom. The molecule has 0 amide bonds. The van der Waals surface area contributed by atoms with Gasteiger partial charge in [-0.3, -0.25) is 0 Å². The maximum absolute atomic E-state index is 10.3. The summed E-state index contributed by atoms with van der Waals surface area (Å²) in [6.07, 6.45) is 0. The van der Waals surface area contributed by atoms with Crippen molar-refractivity contribution in [3.8, 4) is 0 Å². The number of aliphatic hydroxyl groups is 1. The van der Waals surface area contributed by atoms with Gasteiger partial charge in [-0.25, -0.2) is 4.98 Å². The normalized spacial score (nSPS) is 18.1. The highest BCUT2D eigenvalue weighted by Crippen LogP contribution is 2.32. The molecule has 94 valence electrons. The standard InChI is InChI=1S/C15H18N2O/c1-11(2)15(18)9-17(10-15)14-8-7-12-5-3-4-6-13(12)16-14/h3-8,11,18H,9-10H2,1-2H3. The summed E-state index contributed by atoms with van der Waals surface area (Å²) in [4.78, 5) is 6.77. The molecule has 1 aromatic heterocycles. The van der Waals surface area contributed by atoms with E-state index in [0.717, 1.165) is 16.7 Å². The van der Waals surface area contributed by atoms with Crippen LogP contribution in [0.5, 0.6) is 0 Å². The first-order chi connectivity index (χ1) is 8.58. The molecule has 0 radical (unpaired) electrons. The van der Waals surface area contributed by atoms with Crippen molar-refractivity contribution in [2.75, 3.05) is 18.0 Å². The van der Waals surface area contributed by atoms with Gasteiger partial charge in [0.1, 0.15) is 11.4 Å². The molecule has 1 aliphatic rings. The number of β-amino-alcohol motifs (C(OH)–C–C–N with tert-alkyl or cyclic N) is 1. The molecule has 0 saturated carbocycles. The van der Waals surface area contributed by atoms with Gasteiger partial charge in [-0.2, -0.15) is 0 Å². The van der Waals surface area contributed by atoms with E-state index in [1.807, 2.05) is 24.3 Å². The molecule has 2 aromatic rings. The molecule has 18 heavy (non-hydrogen) atoms. The van der Waals surface area contributed by atoms with Crippen molar-refractivity contribution in [2.45, 2.75) is 19.4 Å². The predicted octanol–water partition coefficient (Wildman–Crippen LogP) is 2.44. The summed E-state index contributed by atoms with van der Waals surface area (Å²) in [5, 5.41) is 11.4. The summed E-state index contributed by atoms with van der Waals surface area (Å²) in [5.41, 5.74) is 0.461. The van der Waals surface area contributed by atoms with E-state index in [1.165, 1.54) is 0 Å². The number of hydrogen-bond acceptors (Lipinski definition) is 3. The third-order valence-corrected chi connectivity index (χ3v) is 3.91. The summed E-state index contributed by atoms with van der Waals surface area (Å²) in [6.45, 7) is 5.47. The van der Waals surface area contributed by atoms with Crippen molar-refractivity contribution in [2.24, 2.45) is 5.92 Å². The van der Waals surface area contributed by atoms with Gasteiger partial charge >= 0.3 is 0 Å². The maximum atomic E-state index is 10.3. The molecule has 1 aliphatic heterocycles. The molecule has 1 aromatic carbocycles. The van der Waals surface area contributed by atoms with Crippen LogP contribution in [-0.2, 0) is 0 Å². The third kappa shape index (κ3) is 1.75. The smallest absolute Gasteiger partial charge is 0.129 e. The van der Waals surface area contributed by atoms with Crippen LogP contribution in [0.1, 0.15) is 13.8 Å². The van der Waals surface area contributed by atoms with Gasteiger partial charge in [-0.05, 0) is 24.1 Å². The van der Waals surface area contributed by atoms with Crippen LogP contribution in [0.3, 0.4) is 0 Å². The van der Waals surface area contributed by atoms with Gasteiger partial charge in [0.25, 0.3) is 0 Å². The fourth-order valence-electron chi connectivity index (χ4n) is 2.37. The van der Waals surface area contributed by atoms with Crippen molar-refractivity contribution in [1.29, 1.82) is 0 Å². The van der Waals surface area contributed by atoms with E-state index in [9.17, 15) is 5.11 Å². The SMILES string of the molecule is CC(C)C1(O)CN(c2ccc3ccccc3n2)C1. The molecule has 1 saturated heterocycles. The van der Waals surface area contributed by atoms with Crippen molar-refractivity contribution in [3.05, 3.63) is 36.4 Å². The van der Waals surface area contributed by atoms with Gasteiger partial charge in [0, 0.05) is 5.39 Å². The van der Waals surface area contributed by atoms with Gasteiger partial charge in [0.15, 0.2) is 0 Å². The maximum Gasteiger partial charge on any atom is 0.129 e. The van der Waals surface area contributed by atoms with Crippen LogP contribution in [0.2, 0.25) is 0 Å². The Hall–Kier alpha value is -1.61. The van der Waals surface area contributed by atoms with Crippen LogP contribution >= 0.6 is 0 Å². The molecule has 1 N–H and O–H groups in total. The highest BCUT2D eigenvalue weighted by molar-refractivity contribution is 5.80. The van der Waals surface area contributed by atoms with Crippen molar-refractivity contribution in [3.63, 3.8) is 0 Å². The minimum absolute atomic E-state index is 0.286. The second-order valence-electron chi connectivity index (χ2n) is 5.48. The van der Waals surface area contributed by atoms with E-state index in [4.69, 9.17) is 0 Å². The number of nitrogens with zero attached hydrogens (tertiary/aromatic N) is 2. The third-order valence-electron chi connectivity index (χ3n) is 3.91. The number of hydrogen-bond donors (Lipinski definition) is 1. The number of para-hydroxylation sites is 1. The lowest BCUT2D eigenvalue weighted by Crippen LogP contribution is -2.65. The molecule has 0 unspecified atom stereocenters. The fourth-order valence-corrected chi connectivity index (χ4v) is 2.37. The lowest BCUT2D eigenvalue weighted by molar-refractivity contribution is -0.0304. The van der Waals surface area contributed by atoms with Gasteiger partial charge in [-0.1, -0.05) is 32.0 Å². The molecular weight excluding hydrogens is 224 g/mol. The Morgan fingerprint density at radius 1 is 1.17 bits per heavy atom. The molecule has 1 fully saturated rings. The Balaban J connectivity index is 1.85. The van der Waals surface area contributed by atoms with Crippen molar-refractivity contribution in [1.82, 2.24) is 4.98 Å². The zero-order chi connectivity index (χ0) is 12.8. The van der Waals surface area contributed by atoms with Crippen LogP contribution < -0.4 is 4.90 Å². The minimum Gasteiger partial charge on any atom is -0.386 e. The molecule has 0 atom stereocenters. The summed E-state index contributed by atoms with van der Waals surface area (Å²) in [7, 11) is 0. The molecule has 0 aliphatic carbocycles. The van der Waals surface area contributed by atoms with Crippen LogP contribution in [0.4, 0.5) is 5.82 Å². The van der Waals surface area contributed by atoms with Gasteiger partial charge in [0.2, 0.25) is 0 Å². The molecule has 2 heterocycles. The Kier molecular flexibility index (Phi) is 2.52. The van der Waals surface area contributed by atoms with Crippen LogP contribution in [0.15, 0.2) is 36.4 Å². The quantitative estimate of drug-likeness (QED) is 0.878. The van der Waals surface area contributed by atoms with E-state index in [-0.39, 0.29) is 5.92 Å². The highest BCUT2D eigenvalue weighted by Gasteiger charge is 2.44. The number of anilines is 1. The van der Waals surface area contributed by atoms with E-state index < -0.39 is 5.60 Å². The Labute approximate surface area is 107 Å². The zero-order valence-corrected chi connectivity index (χ0v) is 10.8. The number of benzene rings is 1. The summed E-state index contributed by atoms with van der Waals surface area (Å²) >= 11 is 0. The lowest BCUT2D eigenvalue weighted by atomic mass is 9.83. The summed E-state index contributed by atoms with van der Waals surface area (Å²) in [6, 6.07) is 12.2. The summed E-state index contributed by atoms with van der Waals surface area (Å²) in [5.74, 6) is 1.24. The number of fused-ring (bicyclic) bond motifs is 1. The Bertz CT molecular complexity index is 573. The highest BCUT2D eigenvalue weighted by atomic mass is 16.3. The number of pyridine rings is 1. The first kappa shape index (κ1) is 11.5. The van der Waals surface area contributed by atoms with E-state index >= 15 is 0 Å². The van der Waals surface area contributed by atoms with Crippen molar-refractivity contribution < 1.29 is 5.11 Å². The minimum atomic E-state index is -0.548. The average molecular weight is 242 g/mol. The number of aromatic nitrogens is 1. The Morgan fingerprint density at radius 3 is 2.61 bits per heavy atom. The van der Waals surface area contributed by atoms with Crippen LogP contribution in [-0.4, -0.2) is 28.8 Å². The summed E-state index contributed by atoms with van der Waals surface area (Å²) < 4.78 is 0. The first-order valence-corrected chi connectivity index (χ1v) is 6.42. The molecular formula is C15H18N2O. The van der Waals surface area contributed by atoms with Crippen LogP contribution in [0.25, 0.3) is 10.9 Å².